The van der Waals surface area contributed by atoms with E-state index in [1.165, 1.54) is 13.2 Å². The second-order valence-corrected chi connectivity index (χ2v) is 3.82. The predicted molar refractivity (Wildman–Crippen MR) is 60.2 cm³/mol. The van der Waals surface area contributed by atoms with Gasteiger partial charge in [-0.2, -0.15) is 0 Å². The summed E-state index contributed by atoms with van der Waals surface area (Å²) in [5.41, 5.74) is 1.23. The number of aliphatic hydroxyl groups excluding tert-OH is 1. The molecule has 0 saturated heterocycles. The predicted octanol–water partition coefficient (Wildman–Crippen LogP) is 1.82. The van der Waals surface area contributed by atoms with Gasteiger partial charge in [-0.15, -0.1) is 0 Å². The Labute approximate surface area is 98.4 Å². The van der Waals surface area contributed by atoms with Crippen molar-refractivity contribution in [3.05, 3.63) is 28.3 Å². The first-order chi connectivity index (χ1) is 7.51. The molecule has 88 valence electrons. The van der Waals surface area contributed by atoms with Crippen molar-refractivity contribution < 1.29 is 19.7 Å². The van der Waals surface area contributed by atoms with E-state index in [4.69, 9.17) is 26.6 Å². The highest BCUT2D eigenvalue weighted by Crippen LogP contribution is 2.31. The van der Waals surface area contributed by atoms with Crippen molar-refractivity contribution in [1.82, 2.24) is 0 Å². The number of carboxylic acids is 1. The van der Waals surface area contributed by atoms with Gasteiger partial charge in [0.05, 0.1) is 18.7 Å². The molecule has 0 amide bonds. The first-order valence-electron chi connectivity index (χ1n) is 4.69. The van der Waals surface area contributed by atoms with Crippen LogP contribution in [0.25, 0.3) is 0 Å². The van der Waals surface area contributed by atoms with Crippen LogP contribution in [-0.2, 0) is 4.79 Å². The minimum absolute atomic E-state index is 0.336. The summed E-state index contributed by atoms with van der Waals surface area (Å²) in [7, 11) is 1.49. The Kier molecular flexibility index (Phi) is 4.15. The number of benzene rings is 1. The summed E-state index contributed by atoms with van der Waals surface area (Å²) in [4.78, 5) is 10.9. The molecule has 0 aliphatic rings. The van der Waals surface area contributed by atoms with Crippen molar-refractivity contribution in [3.63, 3.8) is 0 Å². The van der Waals surface area contributed by atoms with Crippen LogP contribution in [0.3, 0.4) is 0 Å². The molecule has 0 aliphatic carbocycles. The quantitative estimate of drug-likeness (QED) is 0.848. The van der Waals surface area contributed by atoms with Gasteiger partial charge < -0.3 is 14.9 Å². The first kappa shape index (κ1) is 12.8. The van der Waals surface area contributed by atoms with E-state index in [0.29, 0.717) is 16.3 Å². The molecule has 2 N–H and O–H groups in total. The van der Waals surface area contributed by atoms with E-state index in [-0.39, 0.29) is 0 Å². The highest BCUT2D eigenvalue weighted by molar-refractivity contribution is 6.32. The molecule has 1 aromatic carbocycles. The van der Waals surface area contributed by atoms with Crippen LogP contribution in [0.5, 0.6) is 5.75 Å². The lowest BCUT2D eigenvalue weighted by molar-refractivity contribution is -0.139. The highest BCUT2D eigenvalue weighted by Gasteiger charge is 2.22. The summed E-state index contributed by atoms with van der Waals surface area (Å²) in [5.74, 6) is -1.54. The SMILES string of the molecule is COc1cc(C)c(C(CO)C(=O)O)cc1Cl. The lowest BCUT2D eigenvalue weighted by Crippen LogP contribution is -2.16. The van der Waals surface area contributed by atoms with Gasteiger partial charge in [0.2, 0.25) is 0 Å². The molecule has 1 unspecified atom stereocenters. The molecule has 0 fully saturated rings. The maximum Gasteiger partial charge on any atom is 0.313 e. The molecular formula is C11H13ClO4. The van der Waals surface area contributed by atoms with Crippen LogP contribution in [-0.4, -0.2) is 29.9 Å². The van der Waals surface area contributed by atoms with Gasteiger partial charge in [-0.25, -0.2) is 0 Å². The van der Waals surface area contributed by atoms with E-state index in [1.807, 2.05) is 0 Å². The van der Waals surface area contributed by atoms with Gasteiger partial charge >= 0.3 is 5.97 Å². The van der Waals surface area contributed by atoms with Crippen LogP contribution in [0.1, 0.15) is 17.0 Å². The molecule has 0 spiro atoms. The second kappa shape index (κ2) is 5.18. The van der Waals surface area contributed by atoms with Crippen molar-refractivity contribution in [2.75, 3.05) is 13.7 Å². The normalized spacial score (nSPS) is 12.2. The second-order valence-electron chi connectivity index (χ2n) is 3.42. The van der Waals surface area contributed by atoms with Crippen LogP contribution in [0.15, 0.2) is 12.1 Å². The third-order valence-corrected chi connectivity index (χ3v) is 2.69. The number of aliphatic hydroxyl groups is 1. The Balaban J connectivity index is 3.24. The van der Waals surface area contributed by atoms with Gasteiger partial charge in [-0.05, 0) is 30.2 Å². The minimum atomic E-state index is -1.08. The molecule has 0 aromatic heterocycles. The van der Waals surface area contributed by atoms with Gasteiger partial charge in [0.25, 0.3) is 0 Å². The minimum Gasteiger partial charge on any atom is -0.495 e. The number of carbonyl (C=O) groups is 1. The van der Waals surface area contributed by atoms with E-state index in [9.17, 15) is 4.79 Å². The summed E-state index contributed by atoms with van der Waals surface area (Å²) < 4.78 is 5.01. The lowest BCUT2D eigenvalue weighted by atomic mass is 9.95. The molecule has 0 aliphatic heterocycles. The molecule has 1 rings (SSSR count). The van der Waals surface area contributed by atoms with Crippen LogP contribution in [0, 0.1) is 6.92 Å². The smallest absolute Gasteiger partial charge is 0.313 e. The Bertz CT molecular complexity index is 403. The van der Waals surface area contributed by atoms with Crippen molar-refractivity contribution in [3.8, 4) is 5.75 Å². The number of aliphatic carboxylic acids is 1. The standard InChI is InChI=1S/C11H13ClO4/c1-6-3-10(16-2)9(12)4-7(6)8(5-13)11(14)15/h3-4,8,13H,5H2,1-2H3,(H,14,15). The number of halogens is 1. The van der Waals surface area contributed by atoms with E-state index in [1.54, 1.807) is 13.0 Å². The monoisotopic (exact) mass is 244 g/mol. The van der Waals surface area contributed by atoms with Crippen LogP contribution < -0.4 is 4.74 Å². The summed E-state index contributed by atoms with van der Waals surface area (Å²) in [6.07, 6.45) is 0. The zero-order chi connectivity index (χ0) is 12.3. The van der Waals surface area contributed by atoms with Gasteiger partial charge in [-0.1, -0.05) is 11.6 Å². The van der Waals surface area contributed by atoms with Crippen LogP contribution in [0.2, 0.25) is 5.02 Å². The van der Waals surface area contributed by atoms with Crippen molar-refractivity contribution in [2.45, 2.75) is 12.8 Å². The summed E-state index contributed by atoms with van der Waals surface area (Å²) in [5, 5.41) is 18.3. The number of hydrogen-bond acceptors (Lipinski definition) is 3. The zero-order valence-electron chi connectivity index (χ0n) is 9.03. The van der Waals surface area contributed by atoms with E-state index >= 15 is 0 Å². The zero-order valence-corrected chi connectivity index (χ0v) is 9.78. The summed E-state index contributed by atoms with van der Waals surface area (Å²) >= 11 is 5.91. The topological polar surface area (TPSA) is 66.8 Å². The van der Waals surface area contributed by atoms with Gasteiger partial charge in [0, 0.05) is 0 Å². The molecular weight excluding hydrogens is 232 g/mol. The van der Waals surface area contributed by atoms with Crippen molar-refractivity contribution in [2.24, 2.45) is 0 Å². The van der Waals surface area contributed by atoms with Gasteiger partial charge in [-0.3, -0.25) is 4.79 Å². The van der Waals surface area contributed by atoms with Gasteiger partial charge in [0.15, 0.2) is 0 Å². The number of rotatable bonds is 4. The third-order valence-electron chi connectivity index (χ3n) is 2.40. The largest absolute Gasteiger partial charge is 0.495 e. The average Bonchev–Trinajstić information content (AvgIpc) is 2.23. The average molecular weight is 245 g/mol. The number of ether oxygens (including phenoxy) is 1. The lowest BCUT2D eigenvalue weighted by Gasteiger charge is -2.14. The Hall–Kier alpha value is -1.26. The van der Waals surface area contributed by atoms with E-state index in [2.05, 4.69) is 0 Å². The number of carboxylic acid groups (broad SMARTS) is 1. The fraction of sp³-hybridized carbons (Fsp3) is 0.364. The molecule has 0 saturated carbocycles. The maximum absolute atomic E-state index is 10.9. The highest BCUT2D eigenvalue weighted by atomic mass is 35.5. The van der Waals surface area contributed by atoms with Crippen LogP contribution >= 0.6 is 11.6 Å². The molecule has 1 aromatic rings. The number of aryl methyl sites for hydroxylation is 1. The fourth-order valence-electron chi connectivity index (χ4n) is 1.51. The molecule has 5 heteroatoms. The van der Waals surface area contributed by atoms with Crippen molar-refractivity contribution >= 4 is 17.6 Å². The molecule has 4 nitrogen and oxygen atoms in total. The van der Waals surface area contributed by atoms with Gasteiger partial charge in [0.1, 0.15) is 11.7 Å². The molecule has 1 atom stereocenters. The maximum atomic E-state index is 10.9. The number of methoxy groups -OCH3 is 1. The van der Waals surface area contributed by atoms with Crippen molar-refractivity contribution in [1.29, 1.82) is 0 Å². The van der Waals surface area contributed by atoms with Crippen LogP contribution in [0.4, 0.5) is 0 Å². The Morgan fingerprint density at radius 3 is 2.62 bits per heavy atom. The summed E-state index contributed by atoms with van der Waals surface area (Å²) in [6, 6.07) is 3.17. The third kappa shape index (κ3) is 2.46. The summed E-state index contributed by atoms with van der Waals surface area (Å²) in [6.45, 7) is 1.29. The molecule has 0 heterocycles. The number of hydrogen-bond donors (Lipinski definition) is 2. The molecule has 0 radical (unpaired) electrons. The Morgan fingerprint density at radius 2 is 2.19 bits per heavy atom. The van der Waals surface area contributed by atoms with E-state index in [0.717, 1.165) is 5.56 Å². The Morgan fingerprint density at radius 1 is 1.56 bits per heavy atom. The first-order valence-corrected chi connectivity index (χ1v) is 5.06. The van der Waals surface area contributed by atoms with E-state index < -0.39 is 18.5 Å². The fourth-order valence-corrected chi connectivity index (χ4v) is 1.76. The molecule has 16 heavy (non-hydrogen) atoms. The molecule has 0 bridgehead atoms.